The Morgan fingerprint density at radius 2 is 1.86 bits per heavy atom. The van der Waals surface area contributed by atoms with E-state index in [0.717, 1.165) is 48.0 Å². The summed E-state index contributed by atoms with van der Waals surface area (Å²) in [4.78, 5) is 23.2. The lowest BCUT2D eigenvalue weighted by molar-refractivity contribution is -0.122. The van der Waals surface area contributed by atoms with Gasteiger partial charge in [-0.05, 0) is 80.6 Å². The van der Waals surface area contributed by atoms with Gasteiger partial charge in [-0.1, -0.05) is 39.0 Å². The van der Waals surface area contributed by atoms with Gasteiger partial charge in [0.1, 0.15) is 5.75 Å². The molecule has 2 heterocycles. The molecule has 5 nitrogen and oxygen atoms in total. The number of amides is 1. The van der Waals surface area contributed by atoms with Gasteiger partial charge in [0, 0.05) is 35.9 Å². The highest BCUT2D eigenvalue weighted by atomic mass is 32.2. The van der Waals surface area contributed by atoms with E-state index in [4.69, 9.17) is 9.73 Å². The van der Waals surface area contributed by atoms with E-state index in [1.165, 1.54) is 23.0 Å². The smallest absolute Gasteiger partial charge is 0.266 e. The Hall–Kier alpha value is -2.73. The van der Waals surface area contributed by atoms with Crippen LogP contribution in [-0.4, -0.2) is 41.7 Å². The second-order valence-corrected chi connectivity index (χ2v) is 11.0. The molecule has 0 aliphatic carbocycles. The van der Waals surface area contributed by atoms with Crippen molar-refractivity contribution in [3.8, 4) is 5.75 Å². The molecular weight excluding hydrogens is 454 g/mol. The minimum atomic E-state index is 0.00750. The Morgan fingerprint density at radius 3 is 2.51 bits per heavy atom. The zero-order chi connectivity index (χ0) is 25.2. The van der Waals surface area contributed by atoms with Crippen molar-refractivity contribution >= 4 is 40.3 Å². The summed E-state index contributed by atoms with van der Waals surface area (Å²) in [5.74, 6) is 1.23. The summed E-state index contributed by atoms with van der Waals surface area (Å²) in [5, 5.41) is 0.732. The van der Waals surface area contributed by atoms with Crippen LogP contribution < -0.4 is 9.64 Å². The van der Waals surface area contributed by atoms with Crippen molar-refractivity contribution in [2.24, 2.45) is 4.99 Å². The van der Waals surface area contributed by atoms with Crippen molar-refractivity contribution in [2.75, 3.05) is 25.1 Å². The van der Waals surface area contributed by atoms with Crippen LogP contribution in [0.25, 0.3) is 6.08 Å². The average molecular weight is 492 g/mol. The van der Waals surface area contributed by atoms with Crippen LogP contribution in [0.3, 0.4) is 0 Å². The van der Waals surface area contributed by atoms with Crippen molar-refractivity contribution in [3.63, 3.8) is 0 Å². The molecule has 2 aromatic carbocycles. The van der Waals surface area contributed by atoms with E-state index in [-0.39, 0.29) is 11.4 Å². The first-order valence-electron chi connectivity index (χ1n) is 12.6. The average Bonchev–Trinajstić information content (AvgIpc) is 3.11. The number of para-hydroxylation sites is 1. The first-order valence-corrected chi connectivity index (χ1v) is 13.5. The van der Waals surface area contributed by atoms with Crippen molar-refractivity contribution in [1.82, 2.24) is 4.90 Å². The first kappa shape index (κ1) is 25.4. The van der Waals surface area contributed by atoms with Gasteiger partial charge < -0.3 is 9.64 Å². The zero-order valence-electron chi connectivity index (χ0n) is 21.8. The molecule has 4 rings (SSSR count). The normalized spacial score (nSPS) is 21.7. The quantitative estimate of drug-likeness (QED) is 0.384. The molecule has 1 fully saturated rings. The van der Waals surface area contributed by atoms with E-state index in [1.54, 1.807) is 12.0 Å². The van der Waals surface area contributed by atoms with Crippen molar-refractivity contribution in [3.05, 3.63) is 58.5 Å². The summed E-state index contributed by atoms with van der Waals surface area (Å²) >= 11 is 1.44. The van der Waals surface area contributed by atoms with Gasteiger partial charge in [0.25, 0.3) is 5.91 Å². The van der Waals surface area contributed by atoms with E-state index in [1.807, 2.05) is 36.4 Å². The number of amidine groups is 1. The maximum Gasteiger partial charge on any atom is 0.266 e. The molecule has 0 N–H and O–H groups in total. The minimum Gasteiger partial charge on any atom is -0.496 e. The summed E-state index contributed by atoms with van der Waals surface area (Å²) < 4.78 is 5.85. The predicted octanol–water partition coefficient (Wildman–Crippen LogP) is 7.21. The second kappa shape index (κ2) is 10.5. The Labute approximate surface area is 214 Å². The van der Waals surface area contributed by atoms with E-state index >= 15 is 0 Å². The molecule has 1 atom stereocenters. The van der Waals surface area contributed by atoms with Gasteiger partial charge in [0.05, 0.1) is 17.7 Å². The van der Waals surface area contributed by atoms with Crippen LogP contribution >= 0.6 is 11.8 Å². The first-order chi connectivity index (χ1) is 16.8. The second-order valence-electron chi connectivity index (χ2n) is 10.0. The van der Waals surface area contributed by atoms with Gasteiger partial charge in [0.15, 0.2) is 5.17 Å². The van der Waals surface area contributed by atoms with E-state index in [2.05, 4.69) is 51.7 Å². The summed E-state index contributed by atoms with van der Waals surface area (Å²) in [5.41, 5.74) is 4.46. The standard InChI is InChI=1S/C29H37N3O2S/c1-7-14-31-27(33)26(35-28(31)30-22-12-10-9-11-13-22)17-21-16-23-20(3)19-29(4,5)32(15-8-2)24(23)18-25(21)34-6/h9-13,16-18,20H,7-8,14-15,19H2,1-6H3/b26-17+,30-28?. The van der Waals surface area contributed by atoms with E-state index in [0.29, 0.717) is 17.4 Å². The predicted molar refractivity (Wildman–Crippen MR) is 149 cm³/mol. The number of ether oxygens (including phenoxy) is 1. The lowest BCUT2D eigenvalue weighted by Gasteiger charge is -2.47. The number of benzene rings is 2. The minimum absolute atomic E-state index is 0.00750. The Balaban J connectivity index is 1.75. The number of nitrogens with zero attached hydrogens (tertiary/aromatic N) is 3. The Kier molecular flexibility index (Phi) is 7.60. The molecule has 1 amide bonds. The van der Waals surface area contributed by atoms with Gasteiger partial charge in [-0.15, -0.1) is 0 Å². The lowest BCUT2D eigenvalue weighted by Crippen LogP contribution is -2.48. The van der Waals surface area contributed by atoms with Crippen LogP contribution in [0.5, 0.6) is 5.75 Å². The zero-order valence-corrected chi connectivity index (χ0v) is 22.6. The number of aliphatic imine (C=N–C) groups is 1. The van der Waals surface area contributed by atoms with Crippen LogP contribution in [0, 0.1) is 0 Å². The monoisotopic (exact) mass is 491 g/mol. The molecule has 2 aromatic rings. The van der Waals surface area contributed by atoms with Crippen LogP contribution in [0.4, 0.5) is 11.4 Å². The fraction of sp³-hybridized carbons (Fsp3) is 0.448. The highest BCUT2D eigenvalue weighted by Gasteiger charge is 2.37. The van der Waals surface area contributed by atoms with Gasteiger partial charge in [-0.2, -0.15) is 0 Å². The molecule has 2 aliphatic rings. The molecule has 0 radical (unpaired) electrons. The third-order valence-electron chi connectivity index (χ3n) is 6.79. The molecule has 0 saturated carbocycles. The number of hydrogen-bond acceptors (Lipinski definition) is 5. The van der Waals surface area contributed by atoms with Crippen molar-refractivity contribution in [2.45, 2.75) is 65.3 Å². The maximum atomic E-state index is 13.4. The molecule has 0 bridgehead atoms. The summed E-state index contributed by atoms with van der Waals surface area (Å²) in [6.45, 7) is 12.9. The molecular formula is C29H37N3O2S. The molecule has 1 saturated heterocycles. The Bertz CT molecular complexity index is 1140. The molecule has 1 unspecified atom stereocenters. The third kappa shape index (κ3) is 5.13. The van der Waals surface area contributed by atoms with Crippen LogP contribution in [0.15, 0.2) is 52.4 Å². The number of carbonyl (C=O) groups excluding carboxylic acids is 1. The fourth-order valence-electron chi connectivity index (χ4n) is 5.23. The number of anilines is 1. The number of thioether (sulfide) groups is 1. The summed E-state index contributed by atoms with van der Waals surface area (Å²) in [6, 6.07) is 14.2. The number of fused-ring (bicyclic) bond motifs is 1. The van der Waals surface area contributed by atoms with E-state index < -0.39 is 0 Å². The van der Waals surface area contributed by atoms with Gasteiger partial charge in [-0.3, -0.25) is 9.69 Å². The van der Waals surface area contributed by atoms with Crippen LogP contribution in [0.1, 0.15) is 70.9 Å². The largest absolute Gasteiger partial charge is 0.496 e. The summed E-state index contributed by atoms with van der Waals surface area (Å²) in [6.07, 6.45) is 5.04. The molecule has 0 spiro atoms. The molecule has 6 heteroatoms. The maximum absolute atomic E-state index is 13.4. The summed E-state index contributed by atoms with van der Waals surface area (Å²) in [7, 11) is 1.71. The van der Waals surface area contributed by atoms with Gasteiger partial charge >= 0.3 is 0 Å². The van der Waals surface area contributed by atoms with Gasteiger partial charge in [-0.25, -0.2) is 4.99 Å². The topological polar surface area (TPSA) is 45.1 Å². The molecule has 0 aromatic heterocycles. The number of rotatable bonds is 7. The fourth-order valence-corrected chi connectivity index (χ4v) is 6.25. The van der Waals surface area contributed by atoms with Gasteiger partial charge in [0.2, 0.25) is 0 Å². The SMILES string of the molecule is CCCN1C(=O)/C(=C\c2cc3c(cc2OC)N(CCC)C(C)(C)CC3C)SC1=Nc1ccccc1. The molecule has 2 aliphatic heterocycles. The Morgan fingerprint density at radius 1 is 1.14 bits per heavy atom. The highest BCUT2D eigenvalue weighted by Crippen LogP contribution is 2.46. The van der Waals surface area contributed by atoms with Crippen LogP contribution in [0.2, 0.25) is 0 Å². The van der Waals surface area contributed by atoms with E-state index in [9.17, 15) is 4.79 Å². The van der Waals surface area contributed by atoms with Crippen molar-refractivity contribution < 1.29 is 9.53 Å². The van der Waals surface area contributed by atoms with Crippen LogP contribution in [-0.2, 0) is 4.79 Å². The number of methoxy groups -OCH3 is 1. The van der Waals surface area contributed by atoms with Crippen molar-refractivity contribution in [1.29, 1.82) is 0 Å². The lowest BCUT2D eigenvalue weighted by atomic mass is 9.79. The number of hydrogen-bond donors (Lipinski definition) is 0. The highest BCUT2D eigenvalue weighted by molar-refractivity contribution is 8.18. The number of carbonyl (C=O) groups is 1. The molecule has 186 valence electrons. The molecule has 35 heavy (non-hydrogen) atoms. The third-order valence-corrected chi connectivity index (χ3v) is 7.79.